The molecule has 0 aliphatic rings. The van der Waals surface area contributed by atoms with Crippen LogP contribution in [-0.4, -0.2) is 40.6 Å². The molecule has 1 aromatic heterocycles. The van der Waals surface area contributed by atoms with Crippen LogP contribution >= 0.6 is 0 Å². The highest BCUT2D eigenvalue weighted by Crippen LogP contribution is 2.11. The number of amides is 1. The first kappa shape index (κ1) is 13.4. The molecule has 0 fully saturated rings. The fourth-order valence-electron chi connectivity index (χ4n) is 1.62. The third-order valence-electron chi connectivity index (χ3n) is 2.55. The molecule has 3 N–H and O–H groups in total. The number of carbonyl (C=O) groups excluding carboxylic acids is 1. The molecule has 0 saturated heterocycles. The first-order chi connectivity index (χ1) is 8.12. The van der Waals surface area contributed by atoms with Gasteiger partial charge in [0.25, 0.3) is 5.91 Å². The third-order valence-corrected chi connectivity index (χ3v) is 2.55. The number of carbonyl (C=O) groups is 1. The van der Waals surface area contributed by atoms with Crippen LogP contribution in [0.15, 0.2) is 12.1 Å². The maximum atomic E-state index is 12.1. The van der Waals surface area contributed by atoms with E-state index < -0.39 is 0 Å². The van der Waals surface area contributed by atoms with Crippen molar-refractivity contribution in [2.75, 3.05) is 25.4 Å². The van der Waals surface area contributed by atoms with Crippen molar-refractivity contribution >= 4 is 11.7 Å². The lowest BCUT2D eigenvalue weighted by molar-refractivity contribution is 0.0732. The van der Waals surface area contributed by atoms with Gasteiger partial charge in [-0.3, -0.25) is 4.79 Å². The van der Waals surface area contributed by atoms with Crippen LogP contribution < -0.4 is 5.73 Å². The summed E-state index contributed by atoms with van der Waals surface area (Å²) in [5.74, 6) is 0.234. The smallest absolute Gasteiger partial charge is 0.254 e. The lowest BCUT2D eigenvalue weighted by Crippen LogP contribution is -2.33. The molecule has 5 heteroatoms. The van der Waals surface area contributed by atoms with Gasteiger partial charge < -0.3 is 15.7 Å². The first-order valence-corrected chi connectivity index (χ1v) is 5.78. The molecule has 1 aromatic rings. The van der Waals surface area contributed by atoms with Gasteiger partial charge in [-0.05, 0) is 25.5 Å². The Morgan fingerprint density at radius 3 is 2.71 bits per heavy atom. The van der Waals surface area contributed by atoms with Crippen LogP contribution in [0.25, 0.3) is 0 Å². The number of aromatic nitrogens is 1. The van der Waals surface area contributed by atoms with Gasteiger partial charge in [0, 0.05) is 24.3 Å². The van der Waals surface area contributed by atoms with E-state index in [1.807, 2.05) is 13.8 Å². The normalized spacial score (nSPS) is 10.3. The predicted molar refractivity (Wildman–Crippen MR) is 66.7 cm³/mol. The number of likely N-dealkylation sites (N-methyl/N-ethyl adjacent to an activating group) is 1. The van der Waals surface area contributed by atoms with E-state index in [0.29, 0.717) is 24.5 Å². The second-order valence-electron chi connectivity index (χ2n) is 3.73. The molecule has 1 amide bonds. The molecule has 0 atom stereocenters. The van der Waals surface area contributed by atoms with E-state index in [1.165, 1.54) is 0 Å². The Hall–Kier alpha value is -1.62. The molecule has 0 radical (unpaired) electrons. The summed E-state index contributed by atoms with van der Waals surface area (Å²) in [4.78, 5) is 17.8. The van der Waals surface area contributed by atoms with E-state index in [9.17, 15) is 4.79 Å². The van der Waals surface area contributed by atoms with Crippen LogP contribution in [0.1, 0.15) is 29.9 Å². The van der Waals surface area contributed by atoms with Crippen molar-refractivity contribution < 1.29 is 9.90 Å². The minimum atomic E-state index is -0.120. The van der Waals surface area contributed by atoms with Crippen molar-refractivity contribution in [1.82, 2.24) is 9.88 Å². The Morgan fingerprint density at radius 1 is 1.47 bits per heavy atom. The van der Waals surface area contributed by atoms with Crippen molar-refractivity contribution in [2.24, 2.45) is 0 Å². The number of aliphatic hydroxyl groups is 1. The zero-order valence-electron chi connectivity index (χ0n) is 10.3. The minimum Gasteiger partial charge on any atom is -0.395 e. The molecule has 0 aromatic carbocycles. The van der Waals surface area contributed by atoms with E-state index in [0.717, 1.165) is 12.1 Å². The van der Waals surface area contributed by atoms with Crippen molar-refractivity contribution in [2.45, 2.75) is 20.3 Å². The summed E-state index contributed by atoms with van der Waals surface area (Å²) in [6, 6.07) is 3.32. The molecule has 1 rings (SSSR count). The van der Waals surface area contributed by atoms with Crippen molar-refractivity contribution in [3.63, 3.8) is 0 Å². The highest BCUT2D eigenvalue weighted by atomic mass is 16.3. The zero-order chi connectivity index (χ0) is 12.8. The number of anilines is 1. The average Bonchev–Trinajstić information content (AvgIpc) is 2.34. The number of hydrogen-bond donors (Lipinski definition) is 2. The van der Waals surface area contributed by atoms with Crippen molar-refractivity contribution in [1.29, 1.82) is 0 Å². The summed E-state index contributed by atoms with van der Waals surface area (Å²) in [5.41, 5.74) is 6.99. The minimum absolute atomic E-state index is 0.0409. The van der Waals surface area contributed by atoms with Gasteiger partial charge in [-0.2, -0.15) is 0 Å². The number of nitrogens with zero attached hydrogens (tertiary/aromatic N) is 2. The van der Waals surface area contributed by atoms with Crippen molar-refractivity contribution in [3.8, 4) is 0 Å². The second kappa shape index (κ2) is 6.20. The number of rotatable bonds is 5. The Morgan fingerprint density at radius 2 is 2.18 bits per heavy atom. The maximum absolute atomic E-state index is 12.1. The van der Waals surface area contributed by atoms with Gasteiger partial charge in [-0.1, -0.05) is 6.92 Å². The Balaban J connectivity index is 2.97. The Labute approximate surface area is 101 Å². The molecule has 0 bridgehead atoms. The van der Waals surface area contributed by atoms with Crippen molar-refractivity contribution in [3.05, 3.63) is 23.4 Å². The second-order valence-corrected chi connectivity index (χ2v) is 3.73. The van der Waals surface area contributed by atoms with E-state index in [4.69, 9.17) is 10.8 Å². The van der Waals surface area contributed by atoms with E-state index in [1.54, 1.807) is 17.0 Å². The first-order valence-electron chi connectivity index (χ1n) is 5.78. The summed E-state index contributed by atoms with van der Waals surface area (Å²) in [5, 5.41) is 8.89. The van der Waals surface area contributed by atoms with Crippen LogP contribution in [-0.2, 0) is 6.42 Å². The summed E-state index contributed by atoms with van der Waals surface area (Å²) in [6.07, 6.45) is 0.734. The summed E-state index contributed by atoms with van der Waals surface area (Å²) in [6.45, 7) is 4.68. The van der Waals surface area contributed by atoms with E-state index in [-0.39, 0.29) is 12.5 Å². The standard InChI is InChI=1S/C12H19N3O2/c1-3-10-7-9(8-11(13)14-10)12(17)15(4-2)5-6-16/h7-8,16H,3-6H2,1-2H3,(H2,13,14). The lowest BCUT2D eigenvalue weighted by atomic mass is 10.1. The van der Waals surface area contributed by atoms with Gasteiger partial charge in [0.05, 0.1) is 6.61 Å². The molecule has 17 heavy (non-hydrogen) atoms. The summed E-state index contributed by atoms with van der Waals surface area (Å²) >= 11 is 0. The summed E-state index contributed by atoms with van der Waals surface area (Å²) < 4.78 is 0. The van der Waals surface area contributed by atoms with E-state index >= 15 is 0 Å². The SMILES string of the molecule is CCc1cc(C(=O)N(CC)CCO)cc(N)n1. The molecule has 0 aliphatic heterocycles. The molecule has 0 unspecified atom stereocenters. The number of aliphatic hydroxyl groups excluding tert-OH is 1. The molecule has 1 heterocycles. The van der Waals surface area contributed by atoms with Crippen LogP contribution in [0.4, 0.5) is 5.82 Å². The quantitative estimate of drug-likeness (QED) is 0.789. The van der Waals surface area contributed by atoms with Crippen LogP contribution in [0.3, 0.4) is 0 Å². The number of nitrogens with two attached hydrogens (primary N) is 1. The maximum Gasteiger partial charge on any atom is 0.254 e. The Bertz CT molecular complexity index is 393. The van der Waals surface area contributed by atoms with Gasteiger partial charge >= 0.3 is 0 Å². The van der Waals surface area contributed by atoms with Gasteiger partial charge in [0.2, 0.25) is 0 Å². The van der Waals surface area contributed by atoms with Gasteiger partial charge in [-0.25, -0.2) is 4.98 Å². The largest absolute Gasteiger partial charge is 0.395 e. The van der Waals surface area contributed by atoms with Crippen LogP contribution in [0.5, 0.6) is 0 Å². The van der Waals surface area contributed by atoms with Gasteiger partial charge in [0.1, 0.15) is 5.82 Å². The molecule has 0 aliphatic carbocycles. The number of hydrogen-bond acceptors (Lipinski definition) is 4. The third kappa shape index (κ3) is 3.42. The fourth-order valence-corrected chi connectivity index (χ4v) is 1.62. The molecule has 0 saturated carbocycles. The fraction of sp³-hybridized carbons (Fsp3) is 0.500. The molecular formula is C12H19N3O2. The molecular weight excluding hydrogens is 218 g/mol. The van der Waals surface area contributed by atoms with Gasteiger partial charge in [-0.15, -0.1) is 0 Å². The van der Waals surface area contributed by atoms with Crippen LogP contribution in [0, 0.1) is 0 Å². The molecule has 94 valence electrons. The summed E-state index contributed by atoms with van der Waals surface area (Å²) in [7, 11) is 0. The number of aryl methyl sites for hydroxylation is 1. The highest BCUT2D eigenvalue weighted by molar-refractivity contribution is 5.95. The zero-order valence-corrected chi connectivity index (χ0v) is 10.3. The molecule has 5 nitrogen and oxygen atoms in total. The Kier molecular flexibility index (Phi) is 4.90. The highest BCUT2D eigenvalue weighted by Gasteiger charge is 2.14. The monoisotopic (exact) mass is 237 g/mol. The average molecular weight is 237 g/mol. The number of pyridine rings is 1. The molecule has 0 spiro atoms. The number of nitrogen functional groups attached to an aromatic ring is 1. The van der Waals surface area contributed by atoms with Crippen LogP contribution in [0.2, 0.25) is 0 Å². The van der Waals surface area contributed by atoms with Gasteiger partial charge in [0.15, 0.2) is 0 Å². The predicted octanol–water partition coefficient (Wildman–Crippen LogP) is 0.681. The topological polar surface area (TPSA) is 79.5 Å². The van der Waals surface area contributed by atoms with E-state index in [2.05, 4.69) is 4.98 Å². The lowest BCUT2D eigenvalue weighted by Gasteiger charge is -2.20.